The van der Waals surface area contributed by atoms with Crippen molar-refractivity contribution >= 4 is 29.0 Å². The molecular formula is C30H28ClN3O5. The second-order valence-corrected chi connectivity index (χ2v) is 9.18. The Morgan fingerprint density at radius 3 is 2.26 bits per heavy atom. The fourth-order valence-electron chi connectivity index (χ4n) is 4.17. The zero-order valence-electron chi connectivity index (χ0n) is 21.8. The summed E-state index contributed by atoms with van der Waals surface area (Å²) in [7, 11) is 3.06. The summed E-state index contributed by atoms with van der Waals surface area (Å²) in [5.41, 5.74) is 5.52. The van der Waals surface area contributed by atoms with Gasteiger partial charge >= 0.3 is 0 Å². The van der Waals surface area contributed by atoms with Crippen LogP contribution < -0.4 is 5.32 Å². The molecule has 0 saturated carbocycles. The number of halogens is 1. The van der Waals surface area contributed by atoms with Crippen LogP contribution in [0.4, 0.5) is 5.69 Å². The molecule has 1 amide bonds. The maximum absolute atomic E-state index is 13.0. The number of Topliss-reactive ketones (excluding diaryl/α,β-unsaturated/α-hetero) is 1. The molecule has 200 valence electrons. The minimum Gasteiger partial charge on any atom is -0.392 e. The fourth-order valence-corrected chi connectivity index (χ4v) is 4.46. The smallest absolute Gasteiger partial charge is 0.274 e. The first-order valence-corrected chi connectivity index (χ1v) is 12.5. The minimum absolute atomic E-state index is 0.0714. The van der Waals surface area contributed by atoms with E-state index in [2.05, 4.69) is 15.3 Å². The van der Waals surface area contributed by atoms with Gasteiger partial charge in [-0.05, 0) is 47.4 Å². The van der Waals surface area contributed by atoms with Crippen LogP contribution in [-0.2, 0) is 22.5 Å². The highest BCUT2D eigenvalue weighted by atomic mass is 35.5. The number of ether oxygens (including phenoxy) is 2. The molecule has 8 nitrogen and oxygen atoms in total. The van der Waals surface area contributed by atoms with Gasteiger partial charge in [-0.1, -0.05) is 54.1 Å². The molecule has 0 unspecified atom stereocenters. The summed E-state index contributed by atoms with van der Waals surface area (Å²) in [5, 5.41) is 12.5. The number of aromatic nitrogens is 2. The summed E-state index contributed by atoms with van der Waals surface area (Å²) in [6, 6.07) is 17.7. The first kappa shape index (κ1) is 28.1. The molecule has 2 N–H and O–H groups in total. The van der Waals surface area contributed by atoms with Crippen molar-refractivity contribution in [1.29, 1.82) is 0 Å². The average Bonchev–Trinajstić information content (AvgIpc) is 2.96. The monoisotopic (exact) mass is 545 g/mol. The van der Waals surface area contributed by atoms with Crippen LogP contribution in [0, 0.1) is 6.92 Å². The number of nitrogens with zero attached hydrogens (tertiary/aromatic N) is 2. The van der Waals surface area contributed by atoms with Crippen molar-refractivity contribution in [2.24, 2.45) is 0 Å². The molecule has 2 heterocycles. The number of aliphatic hydroxyl groups is 1. The molecule has 0 bridgehead atoms. The molecule has 2 aromatic heterocycles. The zero-order chi connectivity index (χ0) is 27.9. The van der Waals surface area contributed by atoms with Gasteiger partial charge in [-0.25, -0.2) is 0 Å². The van der Waals surface area contributed by atoms with E-state index >= 15 is 0 Å². The molecule has 4 rings (SSSR count). The number of carbonyl (C=O) groups is 2. The van der Waals surface area contributed by atoms with E-state index in [1.54, 1.807) is 36.5 Å². The summed E-state index contributed by atoms with van der Waals surface area (Å²) < 4.78 is 10.4. The molecule has 0 radical (unpaired) electrons. The molecule has 2 aromatic carbocycles. The van der Waals surface area contributed by atoms with Crippen molar-refractivity contribution < 1.29 is 24.2 Å². The van der Waals surface area contributed by atoms with E-state index in [0.29, 0.717) is 33.1 Å². The number of hydrogen-bond acceptors (Lipinski definition) is 7. The molecule has 0 aliphatic heterocycles. The second kappa shape index (κ2) is 12.7. The number of nitrogens with one attached hydrogen (secondary N) is 1. The Balaban J connectivity index is 1.55. The van der Waals surface area contributed by atoms with Crippen molar-refractivity contribution in [2.75, 3.05) is 19.5 Å². The van der Waals surface area contributed by atoms with E-state index < -0.39 is 6.29 Å². The normalized spacial score (nSPS) is 11.0. The van der Waals surface area contributed by atoms with Gasteiger partial charge in [0.05, 0.1) is 11.6 Å². The quantitative estimate of drug-likeness (QED) is 0.198. The second-order valence-electron chi connectivity index (χ2n) is 8.80. The molecule has 9 heteroatoms. The van der Waals surface area contributed by atoms with Crippen molar-refractivity contribution in [3.63, 3.8) is 0 Å². The zero-order valence-corrected chi connectivity index (χ0v) is 22.5. The largest absolute Gasteiger partial charge is 0.392 e. The molecule has 39 heavy (non-hydrogen) atoms. The summed E-state index contributed by atoms with van der Waals surface area (Å²) in [4.78, 5) is 34.2. The number of rotatable bonds is 10. The third-order valence-electron chi connectivity index (χ3n) is 6.31. The lowest BCUT2D eigenvalue weighted by molar-refractivity contribution is -0.106. The molecule has 0 aliphatic carbocycles. The molecule has 0 spiro atoms. The lowest BCUT2D eigenvalue weighted by atomic mass is 9.95. The number of carbonyl (C=O) groups excluding carboxylic acids is 2. The SMILES string of the molecule is COC(OC)c1ccc(C(=O)Cc2cccc(-c3cccc(NC(=O)c4ccc(CO)cn4)c3C)c2Cl)nc1. The van der Waals surface area contributed by atoms with Gasteiger partial charge in [0.25, 0.3) is 5.91 Å². The summed E-state index contributed by atoms with van der Waals surface area (Å²) in [6.07, 6.45) is 2.54. The number of ketones is 1. The Kier molecular flexibility index (Phi) is 9.16. The molecule has 0 aliphatic rings. The van der Waals surface area contributed by atoms with Gasteiger partial charge in [-0.2, -0.15) is 0 Å². The number of hydrogen-bond donors (Lipinski definition) is 2. The van der Waals surface area contributed by atoms with E-state index in [4.69, 9.17) is 21.1 Å². The van der Waals surface area contributed by atoms with Gasteiger partial charge < -0.3 is 19.9 Å². The Morgan fingerprint density at radius 1 is 0.923 bits per heavy atom. The van der Waals surface area contributed by atoms with Gasteiger partial charge in [0, 0.05) is 49.8 Å². The van der Waals surface area contributed by atoms with Crippen LogP contribution in [0.5, 0.6) is 0 Å². The van der Waals surface area contributed by atoms with E-state index in [1.807, 2.05) is 37.3 Å². The van der Waals surface area contributed by atoms with E-state index in [0.717, 1.165) is 16.7 Å². The van der Waals surface area contributed by atoms with Crippen LogP contribution in [0.15, 0.2) is 73.1 Å². The first-order chi connectivity index (χ1) is 18.9. The molecular weight excluding hydrogens is 518 g/mol. The Labute approximate surface area is 231 Å². The number of amides is 1. The predicted molar refractivity (Wildman–Crippen MR) is 149 cm³/mol. The predicted octanol–water partition coefficient (Wildman–Crippen LogP) is 5.57. The van der Waals surface area contributed by atoms with Gasteiger partial charge in [-0.3, -0.25) is 19.6 Å². The van der Waals surface area contributed by atoms with E-state index in [-0.39, 0.29) is 30.4 Å². The maximum Gasteiger partial charge on any atom is 0.274 e. The first-order valence-electron chi connectivity index (χ1n) is 12.2. The summed E-state index contributed by atoms with van der Waals surface area (Å²) >= 11 is 6.81. The van der Waals surface area contributed by atoms with Crippen LogP contribution in [-0.4, -0.2) is 41.0 Å². The Morgan fingerprint density at radius 2 is 1.62 bits per heavy atom. The lowest BCUT2D eigenvalue weighted by Crippen LogP contribution is -2.14. The van der Waals surface area contributed by atoms with Gasteiger partial charge in [0.15, 0.2) is 12.1 Å². The Bertz CT molecular complexity index is 1470. The summed E-state index contributed by atoms with van der Waals surface area (Å²) in [6.45, 7) is 1.74. The molecule has 0 atom stereocenters. The maximum atomic E-state index is 13.0. The third-order valence-corrected chi connectivity index (χ3v) is 6.76. The number of pyridine rings is 2. The standard InChI is InChI=1S/C30H28ClN3O5/c1-18-22(7-5-9-24(18)34-29(37)26-12-10-19(17-35)15-32-26)23-8-4-6-20(28(23)31)14-27(36)25-13-11-21(16-33-25)30(38-2)39-3/h4-13,15-16,30,35H,14,17H2,1-3H3,(H,34,37). The van der Waals surface area contributed by atoms with Crippen molar-refractivity contribution in [3.05, 3.63) is 112 Å². The molecule has 0 fully saturated rings. The van der Waals surface area contributed by atoms with E-state index in [1.165, 1.54) is 20.4 Å². The highest BCUT2D eigenvalue weighted by molar-refractivity contribution is 6.34. The van der Waals surface area contributed by atoms with Crippen LogP contribution in [0.25, 0.3) is 11.1 Å². The Hall–Kier alpha value is -3.95. The van der Waals surface area contributed by atoms with Crippen molar-refractivity contribution in [1.82, 2.24) is 9.97 Å². The van der Waals surface area contributed by atoms with Crippen LogP contribution in [0.1, 0.15) is 49.5 Å². The lowest BCUT2D eigenvalue weighted by Gasteiger charge is -2.15. The van der Waals surface area contributed by atoms with Crippen LogP contribution >= 0.6 is 11.6 Å². The fraction of sp³-hybridized carbons (Fsp3) is 0.200. The molecule has 0 saturated heterocycles. The number of aliphatic hydroxyl groups excluding tert-OH is 1. The summed E-state index contributed by atoms with van der Waals surface area (Å²) in [5.74, 6) is -0.546. The number of benzene rings is 2. The van der Waals surface area contributed by atoms with Gasteiger partial charge in [0.1, 0.15) is 11.4 Å². The molecule has 4 aromatic rings. The number of anilines is 1. The average molecular weight is 546 g/mol. The van der Waals surface area contributed by atoms with Crippen molar-refractivity contribution in [2.45, 2.75) is 26.2 Å². The van der Waals surface area contributed by atoms with Crippen LogP contribution in [0.3, 0.4) is 0 Å². The van der Waals surface area contributed by atoms with Gasteiger partial charge in [0.2, 0.25) is 0 Å². The minimum atomic E-state index is -0.556. The van der Waals surface area contributed by atoms with E-state index in [9.17, 15) is 14.7 Å². The topological polar surface area (TPSA) is 111 Å². The third kappa shape index (κ3) is 6.38. The van der Waals surface area contributed by atoms with Crippen molar-refractivity contribution in [3.8, 4) is 11.1 Å². The van der Waals surface area contributed by atoms with Crippen LogP contribution in [0.2, 0.25) is 5.02 Å². The highest BCUT2D eigenvalue weighted by Crippen LogP contribution is 2.36. The highest BCUT2D eigenvalue weighted by Gasteiger charge is 2.18. The number of methoxy groups -OCH3 is 2. The van der Waals surface area contributed by atoms with Gasteiger partial charge in [-0.15, -0.1) is 0 Å².